The first-order valence-electron chi connectivity index (χ1n) is 20.7. The van der Waals surface area contributed by atoms with Crippen LogP contribution in [0.3, 0.4) is 0 Å². The Morgan fingerprint density at radius 1 is 0.491 bits per heavy atom. The number of fused-ring (bicyclic) bond motifs is 7. The zero-order valence-corrected chi connectivity index (χ0v) is 32.6. The Kier molecular flexibility index (Phi) is 7.96. The molecule has 8 aromatic carbocycles. The van der Waals surface area contributed by atoms with Gasteiger partial charge in [-0.05, 0) is 123 Å². The van der Waals surface area contributed by atoms with Gasteiger partial charge in [0.1, 0.15) is 11.2 Å². The van der Waals surface area contributed by atoms with Gasteiger partial charge >= 0.3 is 0 Å². The fraction of sp³-hybridized carbons (Fsp3) is 0.164. The predicted octanol–water partition coefficient (Wildman–Crippen LogP) is 15.9. The lowest BCUT2D eigenvalue weighted by Gasteiger charge is -2.30. The summed E-state index contributed by atoms with van der Waals surface area (Å²) in [7, 11) is 0. The molecule has 0 bridgehead atoms. The molecule has 1 aromatic heterocycles. The average Bonchev–Trinajstić information content (AvgIpc) is 3.75. The zero-order chi connectivity index (χ0) is 38.1. The molecule has 2 nitrogen and oxygen atoms in total. The van der Waals surface area contributed by atoms with Gasteiger partial charge in [0.2, 0.25) is 0 Å². The van der Waals surface area contributed by atoms with Crippen LogP contribution in [0.25, 0.3) is 66.1 Å². The fourth-order valence-corrected chi connectivity index (χ4v) is 10.2. The summed E-state index contributed by atoms with van der Waals surface area (Å²) in [4.78, 5) is 2.49. The largest absolute Gasteiger partial charge is 0.456 e. The van der Waals surface area contributed by atoms with Gasteiger partial charge in [0.05, 0.1) is 5.69 Å². The Balaban J connectivity index is 1.09. The number of benzene rings is 8. The molecule has 0 aliphatic heterocycles. The molecule has 0 unspecified atom stereocenters. The summed E-state index contributed by atoms with van der Waals surface area (Å²) in [5.74, 6) is 0.597. The van der Waals surface area contributed by atoms with Gasteiger partial charge in [-0.15, -0.1) is 0 Å². The molecule has 2 aliphatic carbocycles. The third-order valence-corrected chi connectivity index (χ3v) is 13.1. The molecule has 0 N–H and O–H groups in total. The predicted molar refractivity (Wildman–Crippen MR) is 240 cm³/mol. The topological polar surface area (TPSA) is 16.4 Å². The average molecular weight is 736 g/mol. The maximum absolute atomic E-state index is 6.17. The van der Waals surface area contributed by atoms with E-state index in [1.807, 2.05) is 12.1 Å². The van der Waals surface area contributed by atoms with Crippen molar-refractivity contribution in [2.45, 2.75) is 57.3 Å². The third kappa shape index (κ3) is 5.53. The van der Waals surface area contributed by atoms with Crippen molar-refractivity contribution in [1.29, 1.82) is 0 Å². The molecule has 0 radical (unpaired) electrons. The molecule has 9 aromatic rings. The van der Waals surface area contributed by atoms with Crippen molar-refractivity contribution in [3.05, 3.63) is 187 Å². The SMILES string of the molecule is CC1(C)c2ccccc2-c2ccc(N(c3ccc(-c4ccc5oc6ccccc6c5c4)cc3)c3ccccc3-c3cccc4cccc(C5CCCCC5)c34)cc21. The second kappa shape index (κ2) is 13.4. The number of anilines is 3. The minimum atomic E-state index is -0.114. The second-order valence-corrected chi connectivity index (χ2v) is 16.7. The van der Waals surface area contributed by atoms with Crippen molar-refractivity contribution >= 4 is 49.8 Å². The normalized spacial score (nSPS) is 14.9. The minimum Gasteiger partial charge on any atom is -0.456 e. The molecule has 276 valence electrons. The summed E-state index contributed by atoms with van der Waals surface area (Å²) < 4.78 is 6.17. The van der Waals surface area contributed by atoms with Crippen LogP contribution in [0.1, 0.15) is 68.6 Å². The van der Waals surface area contributed by atoms with E-state index in [0.717, 1.165) is 33.3 Å². The van der Waals surface area contributed by atoms with Crippen LogP contribution in [-0.4, -0.2) is 0 Å². The minimum absolute atomic E-state index is 0.114. The van der Waals surface area contributed by atoms with Crippen LogP contribution in [0.5, 0.6) is 0 Å². The van der Waals surface area contributed by atoms with Gasteiger partial charge in [-0.25, -0.2) is 0 Å². The zero-order valence-electron chi connectivity index (χ0n) is 32.6. The van der Waals surface area contributed by atoms with Crippen LogP contribution in [0.4, 0.5) is 17.1 Å². The lowest BCUT2D eigenvalue weighted by molar-refractivity contribution is 0.445. The van der Waals surface area contributed by atoms with Gasteiger partial charge in [-0.1, -0.05) is 154 Å². The Hall–Kier alpha value is -6.38. The van der Waals surface area contributed by atoms with E-state index in [0.29, 0.717) is 5.92 Å². The molecule has 2 aliphatic rings. The summed E-state index contributed by atoms with van der Waals surface area (Å²) in [6.07, 6.45) is 6.51. The van der Waals surface area contributed by atoms with E-state index in [1.54, 1.807) is 0 Å². The second-order valence-electron chi connectivity index (χ2n) is 16.7. The van der Waals surface area contributed by atoms with Gasteiger partial charge in [-0.3, -0.25) is 0 Å². The summed E-state index contributed by atoms with van der Waals surface area (Å²) in [6, 6.07) is 63.0. The number of nitrogens with zero attached hydrogens (tertiary/aromatic N) is 1. The highest BCUT2D eigenvalue weighted by molar-refractivity contribution is 6.07. The Morgan fingerprint density at radius 3 is 2.02 bits per heavy atom. The number of furan rings is 1. The lowest BCUT2D eigenvalue weighted by Crippen LogP contribution is -2.17. The van der Waals surface area contributed by atoms with E-state index < -0.39 is 0 Å². The highest BCUT2D eigenvalue weighted by Gasteiger charge is 2.36. The van der Waals surface area contributed by atoms with Crippen LogP contribution in [-0.2, 0) is 5.41 Å². The molecule has 1 saturated carbocycles. The molecule has 0 amide bonds. The fourth-order valence-electron chi connectivity index (χ4n) is 10.2. The highest BCUT2D eigenvalue weighted by atomic mass is 16.3. The van der Waals surface area contributed by atoms with E-state index >= 15 is 0 Å². The van der Waals surface area contributed by atoms with E-state index in [2.05, 4.69) is 176 Å². The van der Waals surface area contributed by atoms with Gasteiger partial charge in [0.15, 0.2) is 0 Å². The van der Waals surface area contributed by atoms with Crippen molar-refractivity contribution in [2.24, 2.45) is 0 Å². The summed E-state index contributed by atoms with van der Waals surface area (Å²) in [6.45, 7) is 4.74. The number of para-hydroxylation sites is 2. The first-order valence-corrected chi connectivity index (χ1v) is 20.7. The Bertz CT molecular complexity index is 2970. The molecule has 0 atom stereocenters. The summed E-state index contributed by atoms with van der Waals surface area (Å²) in [5, 5.41) is 5.02. The van der Waals surface area contributed by atoms with E-state index in [-0.39, 0.29) is 5.41 Å². The number of hydrogen-bond acceptors (Lipinski definition) is 2. The molecule has 11 rings (SSSR count). The molecular weight excluding hydrogens is 691 g/mol. The van der Waals surface area contributed by atoms with Crippen LogP contribution < -0.4 is 4.90 Å². The quantitative estimate of drug-likeness (QED) is 0.169. The van der Waals surface area contributed by atoms with Crippen LogP contribution in [0.15, 0.2) is 174 Å². The van der Waals surface area contributed by atoms with E-state index in [4.69, 9.17) is 4.42 Å². The van der Waals surface area contributed by atoms with Gasteiger partial charge in [0, 0.05) is 33.1 Å². The van der Waals surface area contributed by atoms with Crippen LogP contribution in [0.2, 0.25) is 0 Å². The van der Waals surface area contributed by atoms with Crippen LogP contribution in [0, 0.1) is 0 Å². The van der Waals surface area contributed by atoms with Crippen molar-refractivity contribution in [3.63, 3.8) is 0 Å². The van der Waals surface area contributed by atoms with Crippen molar-refractivity contribution < 1.29 is 4.42 Å². The monoisotopic (exact) mass is 735 g/mol. The molecular formula is C55H45NO. The third-order valence-electron chi connectivity index (χ3n) is 13.1. The van der Waals surface area contributed by atoms with Gasteiger partial charge in [0.25, 0.3) is 0 Å². The standard InChI is InChI=1S/C55H45NO/c1-55(2)49-23-9-6-18-43(49)44-32-31-41(35-50(44)55)56(40-29-26-36(27-30-40)39-28-33-53-48(34-39)46-20-8-11-25-52(46)57-53)51-24-10-7-19-45(51)47-22-13-17-38-16-12-21-42(54(38)47)37-14-4-3-5-15-37/h6-13,16-35,37H,3-5,14-15H2,1-2H3. The molecule has 0 spiro atoms. The maximum atomic E-state index is 6.17. The van der Waals surface area contributed by atoms with Crippen molar-refractivity contribution in [2.75, 3.05) is 4.90 Å². The summed E-state index contributed by atoms with van der Waals surface area (Å²) in [5.41, 5.74) is 17.0. The van der Waals surface area contributed by atoms with Gasteiger partial charge in [-0.2, -0.15) is 0 Å². The van der Waals surface area contributed by atoms with Gasteiger partial charge < -0.3 is 9.32 Å². The molecule has 2 heteroatoms. The lowest BCUT2D eigenvalue weighted by atomic mass is 9.80. The Labute approximate surface area is 335 Å². The Morgan fingerprint density at radius 2 is 1.16 bits per heavy atom. The first kappa shape index (κ1) is 33.9. The number of hydrogen-bond donors (Lipinski definition) is 0. The highest BCUT2D eigenvalue weighted by Crippen LogP contribution is 2.52. The van der Waals surface area contributed by atoms with Crippen molar-refractivity contribution in [1.82, 2.24) is 0 Å². The summed E-state index contributed by atoms with van der Waals surface area (Å²) >= 11 is 0. The molecule has 57 heavy (non-hydrogen) atoms. The van der Waals surface area contributed by atoms with Crippen molar-refractivity contribution in [3.8, 4) is 33.4 Å². The van der Waals surface area contributed by atoms with E-state index in [1.165, 1.54) is 98.6 Å². The van der Waals surface area contributed by atoms with E-state index in [9.17, 15) is 0 Å². The maximum Gasteiger partial charge on any atom is 0.135 e. The molecule has 1 heterocycles. The molecule has 0 saturated heterocycles. The molecule has 1 fully saturated rings. The first-order chi connectivity index (χ1) is 28.0. The smallest absolute Gasteiger partial charge is 0.135 e. The van der Waals surface area contributed by atoms with Crippen LogP contribution >= 0.6 is 0 Å². The number of rotatable bonds is 6.